The lowest BCUT2D eigenvalue weighted by molar-refractivity contribution is -0.148. The SMILES string of the molecule is CCn1ccc(C(=O)N2CCO[C@@H](C(=O)N3CCCCCC3)C2)n1. The van der Waals surface area contributed by atoms with Crippen molar-refractivity contribution in [3.63, 3.8) is 0 Å². The summed E-state index contributed by atoms with van der Waals surface area (Å²) >= 11 is 0. The zero-order valence-corrected chi connectivity index (χ0v) is 14.3. The van der Waals surface area contributed by atoms with E-state index in [-0.39, 0.29) is 11.8 Å². The highest BCUT2D eigenvalue weighted by Crippen LogP contribution is 2.15. The van der Waals surface area contributed by atoms with Crippen molar-refractivity contribution < 1.29 is 14.3 Å². The minimum Gasteiger partial charge on any atom is -0.365 e. The Labute approximate surface area is 142 Å². The fraction of sp³-hybridized carbons (Fsp3) is 0.706. The summed E-state index contributed by atoms with van der Waals surface area (Å²) in [7, 11) is 0. The predicted octanol–water partition coefficient (Wildman–Crippen LogP) is 1.15. The van der Waals surface area contributed by atoms with Crippen LogP contribution in [0.1, 0.15) is 43.1 Å². The van der Waals surface area contributed by atoms with Crippen molar-refractivity contribution >= 4 is 11.8 Å². The van der Waals surface area contributed by atoms with Crippen molar-refractivity contribution in [1.29, 1.82) is 0 Å². The number of morpholine rings is 1. The molecule has 0 aliphatic carbocycles. The number of carbonyl (C=O) groups excluding carboxylic acids is 2. The van der Waals surface area contributed by atoms with Crippen molar-refractivity contribution in [3.05, 3.63) is 18.0 Å². The third kappa shape index (κ3) is 3.77. The van der Waals surface area contributed by atoms with Gasteiger partial charge in [0.2, 0.25) is 0 Å². The first-order chi connectivity index (χ1) is 11.7. The van der Waals surface area contributed by atoms with Gasteiger partial charge in [-0.05, 0) is 25.8 Å². The van der Waals surface area contributed by atoms with Gasteiger partial charge in [0.1, 0.15) is 5.69 Å². The first-order valence-corrected chi connectivity index (χ1v) is 8.92. The van der Waals surface area contributed by atoms with Gasteiger partial charge in [-0.3, -0.25) is 14.3 Å². The highest BCUT2D eigenvalue weighted by atomic mass is 16.5. The second-order valence-electron chi connectivity index (χ2n) is 6.41. The molecule has 7 heteroatoms. The first-order valence-electron chi connectivity index (χ1n) is 8.92. The lowest BCUT2D eigenvalue weighted by Gasteiger charge is -2.34. The van der Waals surface area contributed by atoms with Crippen LogP contribution in [0.2, 0.25) is 0 Å². The molecule has 0 bridgehead atoms. The van der Waals surface area contributed by atoms with E-state index in [0.29, 0.717) is 25.4 Å². The van der Waals surface area contributed by atoms with Gasteiger partial charge in [-0.2, -0.15) is 5.10 Å². The molecule has 2 aliphatic heterocycles. The predicted molar refractivity (Wildman–Crippen MR) is 88.6 cm³/mol. The van der Waals surface area contributed by atoms with Crippen LogP contribution in [0, 0.1) is 0 Å². The molecule has 0 aromatic carbocycles. The number of hydrogen-bond acceptors (Lipinski definition) is 4. The largest absolute Gasteiger partial charge is 0.365 e. The van der Waals surface area contributed by atoms with Gasteiger partial charge in [-0.1, -0.05) is 12.8 Å². The average Bonchev–Trinajstić information content (AvgIpc) is 2.94. The molecule has 2 amide bonds. The third-order valence-corrected chi connectivity index (χ3v) is 4.73. The second-order valence-corrected chi connectivity index (χ2v) is 6.41. The van der Waals surface area contributed by atoms with Crippen molar-refractivity contribution in [2.24, 2.45) is 0 Å². The first kappa shape index (κ1) is 17.0. The van der Waals surface area contributed by atoms with Gasteiger partial charge in [0.25, 0.3) is 11.8 Å². The summed E-state index contributed by atoms with van der Waals surface area (Å²) < 4.78 is 7.40. The fourth-order valence-electron chi connectivity index (χ4n) is 3.29. The highest BCUT2D eigenvalue weighted by molar-refractivity contribution is 5.93. The molecular weight excluding hydrogens is 308 g/mol. The quantitative estimate of drug-likeness (QED) is 0.831. The summed E-state index contributed by atoms with van der Waals surface area (Å²) in [4.78, 5) is 28.9. The number of carbonyl (C=O) groups is 2. The highest BCUT2D eigenvalue weighted by Gasteiger charge is 2.33. The Balaban J connectivity index is 1.62. The van der Waals surface area contributed by atoms with E-state index in [1.807, 2.05) is 11.8 Å². The molecule has 0 saturated carbocycles. The van der Waals surface area contributed by atoms with Gasteiger partial charge in [-0.25, -0.2) is 0 Å². The van der Waals surface area contributed by atoms with E-state index in [4.69, 9.17) is 4.74 Å². The van der Waals surface area contributed by atoms with Crippen molar-refractivity contribution in [1.82, 2.24) is 19.6 Å². The smallest absolute Gasteiger partial charge is 0.274 e. The van der Waals surface area contributed by atoms with Crippen LogP contribution < -0.4 is 0 Å². The van der Waals surface area contributed by atoms with Gasteiger partial charge >= 0.3 is 0 Å². The number of rotatable bonds is 3. The maximum Gasteiger partial charge on any atom is 0.274 e. The molecule has 2 aliphatic rings. The minimum absolute atomic E-state index is 0.0217. The van der Waals surface area contributed by atoms with Gasteiger partial charge in [0.15, 0.2) is 6.10 Å². The molecule has 2 fully saturated rings. The Bertz CT molecular complexity index is 578. The summed E-state index contributed by atoms with van der Waals surface area (Å²) in [5.74, 6) is -0.104. The van der Waals surface area contributed by atoms with Crippen molar-refractivity contribution in [2.45, 2.75) is 45.3 Å². The monoisotopic (exact) mass is 334 g/mol. The summed E-state index contributed by atoms with van der Waals surface area (Å²) in [6, 6.07) is 1.73. The molecular formula is C17H26N4O3. The molecule has 1 atom stereocenters. The Morgan fingerprint density at radius 3 is 2.58 bits per heavy atom. The van der Waals surface area contributed by atoms with E-state index in [0.717, 1.165) is 32.5 Å². The maximum atomic E-state index is 12.7. The van der Waals surface area contributed by atoms with E-state index in [1.54, 1.807) is 21.8 Å². The second kappa shape index (κ2) is 7.79. The van der Waals surface area contributed by atoms with Gasteiger partial charge < -0.3 is 14.5 Å². The molecule has 1 aromatic heterocycles. The molecule has 0 N–H and O–H groups in total. The number of likely N-dealkylation sites (tertiary alicyclic amines) is 1. The average molecular weight is 334 g/mol. The van der Waals surface area contributed by atoms with E-state index in [1.165, 1.54) is 12.8 Å². The lowest BCUT2D eigenvalue weighted by Crippen LogP contribution is -2.52. The summed E-state index contributed by atoms with van der Waals surface area (Å²) in [5.41, 5.74) is 0.430. The van der Waals surface area contributed by atoms with Crippen LogP contribution in [0.5, 0.6) is 0 Å². The van der Waals surface area contributed by atoms with Gasteiger partial charge in [-0.15, -0.1) is 0 Å². The van der Waals surface area contributed by atoms with E-state index < -0.39 is 6.10 Å². The molecule has 0 unspecified atom stereocenters. The summed E-state index contributed by atoms with van der Waals surface area (Å²) in [6.45, 7) is 5.51. The van der Waals surface area contributed by atoms with E-state index in [9.17, 15) is 9.59 Å². The number of ether oxygens (including phenoxy) is 1. The lowest BCUT2D eigenvalue weighted by atomic mass is 10.2. The van der Waals surface area contributed by atoms with Gasteiger partial charge in [0.05, 0.1) is 13.2 Å². The molecule has 132 valence electrons. The number of hydrogen-bond donors (Lipinski definition) is 0. The van der Waals surface area contributed by atoms with Crippen LogP contribution in [-0.2, 0) is 16.1 Å². The number of amides is 2. The standard InChI is InChI=1S/C17H26N4O3/c1-2-21-10-7-14(18-21)16(22)20-11-12-24-15(13-20)17(23)19-8-5-3-4-6-9-19/h7,10,15H,2-6,8-9,11-13H2,1H3/t15-/m1/s1. The van der Waals surface area contributed by atoms with Crippen LogP contribution >= 0.6 is 0 Å². The molecule has 0 radical (unpaired) electrons. The van der Waals surface area contributed by atoms with Crippen LogP contribution in [0.25, 0.3) is 0 Å². The normalized spacial score (nSPS) is 22.3. The van der Waals surface area contributed by atoms with Crippen LogP contribution in [0.4, 0.5) is 0 Å². The number of nitrogens with zero attached hydrogens (tertiary/aromatic N) is 4. The molecule has 0 spiro atoms. The minimum atomic E-state index is -0.547. The summed E-state index contributed by atoms with van der Waals surface area (Å²) in [5, 5.41) is 4.27. The number of aryl methyl sites for hydroxylation is 1. The van der Waals surface area contributed by atoms with Crippen LogP contribution in [0.15, 0.2) is 12.3 Å². The van der Waals surface area contributed by atoms with E-state index in [2.05, 4.69) is 5.10 Å². The van der Waals surface area contributed by atoms with Gasteiger partial charge in [0, 0.05) is 32.4 Å². The molecule has 3 rings (SSSR count). The van der Waals surface area contributed by atoms with E-state index >= 15 is 0 Å². The number of aromatic nitrogens is 2. The molecule has 1 aromatic rings. The van der Waals surface area contributed by atoms with Crippen LogP contribution in [0.3, 0.4) is 0 Å². The fourth-order valence-corrected chi connectivity index (χ4v) is 3.29. The maximum absolute atomic E-state index is 12.7. The zero-order valence-electron chi connectivity index (χ0n) is 14.3. The zero-order chi connectivity index (χ0) is 16.9. The summed E-state index contributed by atoms with van der Waals surface area (Å²) in [6.07, 6.45) is 5.72. The van der Waals surface area contributed by atoms with Crippen LogP contribution in [-0.4, -0.2) is 70.3 Å². The molecule has 7 nitrogen and oxygen atoms in total. The third-order valence-electron chi connectivity index (χ3n) is 4.73. The Kier molecular flexibility index (Phi) is 5.50. The topological polar surface area (TPSA) is 67.7 Å². The molecule has 3 heterocycles. The Hall–Kier alpha value is -1.89. The Morgan fingerprint density at radius 2 is 1.92 bits per heavy atom. The molecule has 24 heavy (non-hydrogen) atoms. The van der Waals surface area contributed by atoms with Crippen molar-refractivity contribution in [2.75, 3.05) is 32.8 Å². The van der Waals surface area contributed by atoms with Crippen molar-refractivity contribution in [3.8, 4) is 0 Å². The Morgan fingerprint density at radius 1 is 1.17 bits per heavy atom. The molecule has 2 saturated heterocycles.